The minimum Gasteiger partial charge on any atom is -0.619 e. The van der Waals surface area contributed by atoms with Crippen LogP contribution in [-0.4, -0.2) is 38.8 Å². The zero-order valence-corrected chi connectivity index (χ0v) is 12.0. The molecule has 0 unspecified atom stereocenters. The van der Waals surface area contributed by atoms with Crippen LogP contribution in [0.3, 0.4) is 0 Å². The van der Waals surface area contributed by atoms with E-state index >= 15 is 0 Å². The molecule has 1 aromatic carbocycles. The molecule has 0 aliphatic carbocycles. The van der Waals surface area contributed by atoms with Crippen LogP contribution >= 0.6 is 0 Å². The van der Waals surface area contributed by atoms with Crippen molar-refractivity contribution in [1.29, 1.82) is 0 Å². The third-order valence-electron chi connectivity index (χ3n) is 4.36. The molecular formula is C13H18BN2O4. The first kappa shape index (κ1) is 15.0. The molecule has 1 aliphatic rings. The number of benzene rings is 1. The summed E-state index contributed by atoms with van der Waals surface area (Å²) in [6.07, 6.45) is 0. The number of nitrogens with zero attached hydrogens (tertiary/aromatic N) is 2. The predicted molar refractivity (Wildman–Crippen MR) is 77.7 cm³/mol. The zero-order chi connectivity index (χ0) is 15.3. The zero-order valence-electron chi connectivity index (χ0n) is 12.0. The second-order valence-electron chi connectivity index (χ2n) is 6.03. The summed E-state index contributed by atoms with van der Waals surface area (Å²) in [5.41, 5.74) is -0.961. The third kappa shape index (κ3) is 1.94. The highest BCUT2D eigenvalue weighted by Crippen LogP contribution is 2.35. The highest BCUT2D eigenvalue weighted by Gasteiger charge is 2.64. The van der Waals surface area contributed by atoms with Gasteiger partial charge in [0.2, 0.25) is 11.1 Å². The topological polar surface area (TPSA) is 95.5 Å². The minimum atomic E-state index is -1.57. The Bertz CT molecular complexity index is 552. The van der Waals surface area contributed by atoms with Crippen LogP contribution in [0.4, 0.5) is 0 Å². The van der Waals surface area contributed by atoms with Crippen molar-refractivity contribution in [2.45, 2.75) is 38.8 Å². The van der Waals surface area contributed by atoms with Crippen molar-refractivity contribution >= 4 is 18.4 Å². The van der Waals surface area contributed by atoms with E-state index in [9.17, 15) is 10.4 Å². The Balaban J connectivity index is 2.49. The molecule has 0 saturated carbocycles. The van der Waals surface area contributed by atoms with E-state index in [4.69, 9.17) is 10.0 Å². The van der Waals surface area contributed by atoms with E-state index in [2.05, 4.69) is 0 Å². The van der Waals surface area contributed by atoms with Gasteiger partial charge in [-0.1, -0.05) is 17.2 Å². The normalized spacial score (nSPS) is 21.4. The Morgan fingerprint density at radius 3 is 1.80 bits per heavy atom. The van der Waals surface area contributed by atoms with Crippen molar-refractivity contribution in [3.8, 4) is 0 Å². The Hall–Kier alpha value is -1.41. The van der Waals surface area contributed by atoms with Gasteiger partial charge in [-0.2, -0.15) is 0 Å². The fraction of sp³-hybridized carbons (Fsp3) is 0.462. The lowest BCUT2D eigenvalue weighted by Gasteiger charge is -2.29. The van der Waals surface area contributed by atoms with Gasteiger partial charge in [0.15, 0.2) is 0 Å². The Kier molecular flexibility index (Phi) is 3.42. The molecule has 1 aromatic rings. The van der Waals surface area contributed by atoms with E-state index in [0.29, 0.717) is 11.0 Å². The molecule has 0 aromatic heterocycles. The lowest BCUT2D eigenvalue weighted by molar-refractivity contribution is -0.539. The number of hydroxylamine groups is 3. The average molecular weight is 277 g/mol. The molecule has 2 N–H and O–H groups in total. The molecule has 0 fully saturated rings. The molecule has 0 spiro atoms. The van der Waals surface area contributed by atoms with Crippen LogP contribution in [0.25, 0.3) is 0 Å². The van der Waals surface area contributed by atoms with E-state index in [0.717, 1.165) is 9.80 Å². The van der Waals surface area contributed by atoms with E-state index in [1.807, 2.05) is 0 Å². The number of amidine groups is 1. The van der Waals surface area contributed by atoms with Gasteiger partial charge in [-0.25, -0.2) is 0 Å². The maximum atomic E-state index is 12.4. The Morgan fingerprint density at radius 1 is 0.950 bits per heavy atom. The first-order valence-electron chi connectivity index (χ1n) is 6.39. The highest BCUT2D eigenvalue weighted by atomic mass is 16.5. The molecule has 1 radical (unpaired) electrons. The third-order valence-corrected chi connectivity index (χ3v) is 4.36. The maximum Gasteiger partial charge on any atom is 0.488 e. The van der Waals surface area contributed by atoms with Crippen LogP contribution in [-0.2, 0) is 0 Å². The van der Waals surface area contributed by atoms with Crippen LogP contribution in [0, 0.1) is 10.4 Å². The van der Waals surface area contributed by atoms with Crippen molar-refractivity contribution in [2.24, 2.45) is 0 Å². The fourth-order valence-corrected chi connectivity index (χ4v) is 2.15. The molecule has 7 heteroatoms. The molecule has 107 valence electrons. The summed E-state index contributed by atoms with van der Waals surface area (Å²) in [7, 11) is -1.57. The van der Waals surface area contributed by atoms with Gasteiger partial charge in [-0.15, -0.1) is 4.74 Å². The second kappa shape index (κ2) is 4.56. The van der Waals surface area contributed by atoms with Gasteiger partial charge in [0.25, 0.3) is 0 Å². The van der Waals surface area contributed by atoms with Gasteiger partial charge in [-0.3, -0.25) is 0 Å². The van der Waals surface area contributed by atoms with Crippen LogP contribution in [0.15, 0.2) is 24.3 Å². The van der Waals surface area contributed by atoms with E-state index in [1.54, 1.807) is 27.7 Å². The molecule has 0 atom stereocenters. The van der Waals surface area contributed by atoms with Gasteiger partial charge in [0.05, 0.1) is 0 Å². The summed E-state index contributed by atoms with van der Waals surface area (Å²) in [5.74, 6) is 0.0407. The molecule has 1 heterocycles. The van der Waals surface area contributed by atoms with Gasteiger partial charge in [-0.05, 0) is 17.6 Å². The molecule has 0 saturated heterocycles. The standard InChI is InChI=1S/C13H18BN2O4/c1-12(2)13(3,4)16(20)11(15(12)19)9-5-7-10(8-6-9)14(17)18/h5-8,17-18H,1-4H3. The molecule has 2 rings (SSSR count). The van der Waals surface area contributed by atoms with Gasteiger partial charge in [0.1, 0.15) is 5.56 Å². The predicted octanol–water partition coefficient (Wildman–Crippen LogP) is -0.168. The quantitative estimate of drug-likeness (QED) is 0.446. The minimum absolute atomic E-state index is 0.0407. The summed E-state index contributed by atoms with van der Waals surface area (Å²) in [4.78, 5) is 0. The average Bonchev–Trinajstić information content (AvgIpc) is 2.49. The smallest absolute Gasteiger partial charge is 0.488 e. The Morgan fingerprint density at radius 2 is 1.45 bits per heavy atom. The van der Waals surface area contributed by atoms with Crippen molar-refractivity contribution in [1.82, 2.24) is 5.06 Å². The summed E-state index contributed by atoms with van der Waals surface area (Å²) >= 11 is 0. The lowest BCUT2D eigenvalue weighted by Crippen LogP contribution is -2.55. The van der Waals surface area contributed by atoms with Gasteiger partial charge in [0, 0.05) is 27.7 Å². The SMILES string of the molecule is CC1(C)[N+]([O-])C(c2ccc(B(O)O)cc2)=[N+]([O-])C1(C)C. The number of hydrogen-bond acceptors (Lipinski definition) is 5. The first-order valence-corrected chi connectivity index (χ1v) is 6.39. The van der Waals surface area contributed by atoms with E-state index in [1.165, 1.54) is 24.3 Å². The maximum absolute atomic E-state index is 12.4. The summed E-state index contributed by atoms with van der Waals surface area (Å²) in [6.45, 7) is 6.90. The molecule has 0 amide bonds. The van der Waals surface area contributed by atoms with Crippen LogP contribution in [0.1, 0.15) is 33.3 Å². The van der Waals surface area contributed by atoms with Crippen molar-refractivity contribution in [2.75, 3.05) is 0 Å². The Labute approximate surface area is 118 Å². The van der Waals surface area contributed by atoms with E-state index in [-0.39, 0.29) is 5.84 Å². The molecule has 1 aliphatic heterocycles. The molecule has 20 heavy (non-hydrogen) atoms. The van der Waals surface area contributed by atoms with Crippen molar-refractivity contribution < 1.29 is 14.8 Å². The molecule has 0 bridgehead atoms. The number of hydrogen-bond donors (Lipinski definition) is 2. The summed E-state index contributed by atoms with van der Waals surface area (Å²) in [6, 6.07) is 6.04. The number of rotatable bonds is 2. The lowest BCUT2D eigenvalue weighted by atomic mass is 9.80. The van der Waals surface area contributed by atoms with Gasteiger partial charge < -0.3 is 20.5 Å². The first-order chi connectivity index (χ1) is 9.10. The second-order valence-corrected chi connectivity index (χ2v) is 6.03. The summed E-state index contributed by atoms with van der Waals surface area (Å²) in [5, 5.41) is 43.7. The molecular weight excluding hydrogens is 259 g/mol. The highest BCUT2D eigenvalue weighted by molar-refractivity contribution is 6.58. The summed E-state index contributed by atoms with van der Waals surface area (Å²) < 4.78 is 0.727. The largest absolute Gasteiger partial charge is 0.619 e. The fourth-order valence-electron chi connectivity index (χ4n) is 2.15. The van der Waals surface area contributed by atoms with Crippen LogP contribution < -0.4 is 10.5 Å². The van der Waals surface area contributed by atoms with Crippen LogP contribution in [0.5, 0.6) is 0 Å². The van der Waals surface area contributed by atoms with Crippen LogP contribution in [0.2, 0.25) is 0 Å². The van der Waals surface area contributed by atoms with E-state index < -0.39 is 18.2 Å². The monoisotopic (exact) mass is 277 g/mol. The van der Waals surface area contributed by atoms with Crippen molar-refractivity contribution in [3.63, 3.8) is 0 Å². The molecule has 6 nitrogen and oxygen atoms in total. The van der Waals surface area contributed by atoms with Crippen molar-refractivity contribution in [3.05, 3.63) is 40.2 Å². The van der Waals surface area contributed by atoms with Gasteiger partial charge >= 0.3 is 13.0 Å².